The highest BCUT2D eigenvalue weighted by Gasteiger charge is 2.72. The van der Waals surface area contributed by atoms with Crippen molar-refractivity contribution in [1.82, 2.24) is 0 Å². The summed E-state index contributed by atoms with van der Waals surface area (Å²) in [5, 5.41) is 21.0. The van der Waals surface area contributed by atoms with Gasteiger partial charge in [0.05, 0.1) is 17.4 Å². The van der Waals surface area contributed by atoms with Gasteiger partial charge in [-0.1, -0.05) is 31.5 Å². The Hall–Kier alpha value is -1.93. The molecule has 7 nitrogen and oxygen atoms in total. The molecule has 0 saturated carbocycles. The minimum absolute atomic E-state index is 0.0425. The van der Waals surface area contributed by atoms with Crippen LogP contribution >= 0.6 is 11.6 Å². The molecular formula is C23H27ClO7. The summed E-state index contributed by atoms with van der Waals surface area (Å²) in [4.78, 5) is 26.2. The van der Waals surface area contributed by atoms with Crippen LogP contribution < -0.4 is 0 Å². The maximum absolute atomic E-state index is 13.3. The SMILES string of the molecule is C[C@@H]1[C@@H](C)OC(=O)[C@@H]2[C@H]3C4=COC(/C=C/[C@H](C)[C@@H](C)O)=CC4=C(Cl)C(=O)[C@@]3(C)O[C@]12O. The van der Waals surface area contributed by atoms with E-state index in [2.05, 4.69) is 0 Å². The van der Waals surface area contributed by atoms with E-state index >= 15 is 0 Å². The van der Waals surface area contributed by atoms with Crippen LogP contribution in [0, 0.1) is 23.7 Å². The second-order valence-corrected chi connectivity index (χ2v) is 9.48. The predicted octanol–water partition coefficient (Wildman–Crippen LogP) is 2.72. The maximum atomic E-state index is 13.3. The molecule has 4 rings (SSSR count). The molecule has 0 bridgehead atoms. The van der Waals surface area contributed by atoms with E-state index in [1.165, 1.54) is 6.26 Å². The average molecular weight is 451 g/mol. The molecule has 31 heavy (non-hydrogen) atoms. The Morgan fingerprint density at radius 1 is 1.23 bits per heavy atom. The number of halogens is 1. The van der Waals surface area contributed by atoms with E-state index in [-0.39, 0.29) is 11.0 Å². The zero-order chi connectivity index (χ0) is 22.9. The summed E-state index contributed by atoms with van der Waals surface area (Å²) in [5.41, 5.74) is -0.599. The third-order valence-electron chi connectivity index (χ3n) is 7.13. The van der Waals surface area contributed by atoms with Gasteiger partial charge in [-0.25, -0.2) is 0 Å². The van der Waals surface area contributed by atoms with Gasteiger partial charge in [0.1, 0.15) is 23.4 Å². The van der Waals surface area contributed by atoms with Gasteiger partial charge < -0.3 is 24.4 Å². The molecule has 2 fully saturated rings. The Bertz CT molecular complexity index is 961. The largest absolute Gasteiger partial charge is 0.465 e. The van der Waals surface area contributed by atoms with E-state index in [1.807, 2.05) is 6.92 Å². The summed E-state index contributed by atoms with van der Waals surface area (Å²) >= 11 is 6.47. The summed E-state index contributed by atoms with van der Waals surface area (Å²) in [6, 6.07) is 0. The van der Waals surface area contributed by atoms with Crippen molar-refractivity contribution < 1.29 is 34.0 Å². The minimum atomic E-state index is -1.87. The molecule has 0 aromatic heterocycles. The van der Waals surface area contributed by atoms with Crippen LogP contribution in [0.25, 0.3) is 0 Å². The van der Waals surface area contributed by atoms with Crippen LogP contribution in [0.15, 0.2) is 46.4 Å². The number of ether oxygens (including phenoxy) is 3. The second-order valence-electron chi connectivity index (χ2n) is 9.10. The molecular weight excluding hydrogens is 424 g/mol. The Morgan fingerprint density at radius 3 is 2.55 bits per heavy atom. The molecule has 0 aromatic carbocycles. The highest BCUT2D eigenvalue weighted by molar-refractivity contribution is 6.45. The molecule has 2 saturated heterocycles. The molecule has 0 unspecified atom stereocenters. The molecule has 8 heteroatoms. The number of cyclic esters (lactones) is 1. The summed E-state index contributed by atoms with van der Waals surface area (Å²) in [6.07, 6.45) is 5.46. The van der Waals surface area contributed by atoms with Gasteiger partial charge in [0, 0.05) is 28.9 Å². The normalized spacial score (nSPS) is 41.5. The van der Waals surface area contributed by atoms with Crippen LogP contribution in [-0.2, 0) is 23.8 Å². The highest BCUT2D eigenvalue weighted by Crippen LogP contribution is 2.60. The van der Waals surface area contributed by atoms with Crippen molar-refractivity contribution in [2.24, 2.45) is 23.7 Å². The summed E-state index contributed by atoms with van der Waals surface area (Å²) in [5.74, 6) is -5.11. The molecule has 0 spiro atoms. The van der Waals surface area contributed by atoms with Gasteiger partial charge >= 0.3 is 5.97 Å². The van der Waals surface area contributed by atoms with Crippen molar-refractivity contribution in [3.63, 3.8) is 0 Å². The molecule has 0 radical (unpaired) electrons. The number of aliphatic hydroxyl groups excluding tert-OH is 1. The monoisotopic (exact) mass is 450 g/mol. The standard InChI is InChI=1S/C23H27ClO7/c1-10(12(3)25)6-7-14-8-15-16(9-29-14)17-18-21(27)30-13(4)11(2)23(18,28)31-22(17,5)20(26)19(15)24/h6-13,17-18,25,28H,1-5H3/b7-6+/t10-,11+,12+,13+,17+,18-,22-,23+/m0/s1. The molecule has 3 aliphatic heterocycles. The topological polar surface area (TPSA) is 102 Å². The van der Waals surface area contributed by atoms with Gasteiger partial charge in [-0.2, -0.15) is 0 Å². The van der Waals surface area contributed by atoms with Crippen LogP contribution in [0.3, 0.4) is 0 Å². The minimum Gasteiger partial charge on any atom is -0.465 e. The average Bonchev–Trinajstić information content (AvgIpc) is 2.98. The number of fused-ring (bicyclic) bond motifs is 5. The van der Waals surface area contributed by atoms with Crippen molar-refractivity contribution in [3.8, 4) is 0 Å². The smallest absolute Gasteiger partial charge is 0.315 e. The van der Waals surface area contributed by atoms with Gasteiger partial charge in [0.25, 0.3) is 0 Å². The lowest BCUT2D eigenvalue weighted by Gasteiger charge is -2.42. The van der Waals surface area contributed by atoms with Crippen LogP contribution in [0.4, 0.5) is 0 Å². The number of ketones is 1. The van der Waals surface area contributed by atoms with Gasteiger partial charge in [-0.15, -0.1) is 0 Å². The Balaban J connectivity index is 1.77. The third kappa shape index (κ3) is 3.13. The van der Waals surface area contributed by atoms with Crippen molar-refractivity contribution in [3.05, 3.63) is 46.4 Å². The number of esters is 1. The number of hydrogen-bond acceptors (Lipinski definition) is 7. The molecule has 1 aliphatic carbocycles. The van der Waals surface area contributed by atoms with Crippen molar-refractivity contribution >= 4 is 23.4 Å². The summed E-state index contributed by atoms with van der Waals surface area (Å²) in [6.45, 7) is 8.51. The quantitative estimate of drug-likeness (QED) is 0.637. The Kier molecular flexibility index (Phi) is 5.25. The van der Waals surface area contributed by atoms with Crippen LogP contribution in [-0.4, -0.2) is 45.6 Å². The molecule has 168 valence electrons. The fourth-order valence-corrected chi connectivity index (χ4v) is 5.14. The van der Waals surface area contributed by atoms with Gasteiger partial charge in [0.15, 0.2) is 5.79 Å². The number of Topliss-reactive ketones (excluding diaryl/α,β-unsaturated/α-hetero) is 1. The zero-order valence-corrected chi connectivity index (χ0v) is 18.8. The summed E-state index contributed by atoms with van der Waals surface area (Å²) in [7, 11) is 0. The molecule has 0 amide bonds. The predicted molar refractivity (Wildman–Crippen MR) is 111 cm³/mol. The van der Waals surface area contributed by atoms with E-state index < -0.39 is 53.1 Å². The van der Waals surface area contributed by atoms with Crippen LogP contribution in [0.2, 0.25) is 0 Å². The second kappa shape index (κ2) is 7.30. The third-order valence-corrected chi connectivity index (χ3v) is 7.50. The lowest BCUT2D eigenvalue weighted by molar-refractivity contribution is -0.286. The molecule has 8 atom stereocenters. The van der Waals surface area contributed by atoms with E-state index in [0.717, 1.165) is 0 Å². The lowest BCUT2D eigenvalue weighted by atomic mass is 9.65. The molecule has 0 aromatic rings. The molecule has 4 aliphatic rings. The van der Waals surface area contributed by atoms with Gasteiger partial charge in [0.2, 0.25) is 5.78 Å². The Morgan fingerprint density at radius 2 is 1.90 bits per heavy atom. The van der Waals surface area contributed by atoms with Crippen molar-refractivity contribution in [2.45, 2.75) is 58.2 Å². The lowest BCUT2D eigenvalue weighted by Crippen LogP contribution is -2.56. The first-order valence-electron chi connectivity index (χ1n) is 10.4. The Labute approximate surface area is 186 Å². The van der Waals surface area contributed by atoms with E-state index in [4.69, 9.17) is 25.8 Å². The fraction of sp³-hybridized carbons (Fsp3) is 0.565. The van der Waals surface area contributed by atoms with E-state index in [0.29, 0.717) is 16.9 Å². The summed E-state index contributed by atoms with van der Waals surface area (Å²) < 4.78 is 17.2. The maximum Gasteiger partial charge on any atom is 0.315 e. The molecule has 2 N–H and O–H groups in total. The molecule has 3 heterocycles. The highest BCUT2D eigenvalue weighted by atomic mass is 35.5. The van der Waals surface area contributed by atoms with Gasteiger partial charge in [-0.3, -0.25) is 9.59 Å². The fourth-order valence-electron chi connectivity index (χ4n) is 4.78. The number of rotatable bonds is 3. The van der Waals surface area contributed by atoms with Gasteiger partial charge in [-0.05, 0) is 32.9 Å². The number of hydrogen-bond donors (Lipinski definition) is 2. The number of carbonyl (C=O) groups is 2. The zero-order valence-electron chi connectivity index (χ0n) is 18.1. The van der Waals surface area contributed by atoms with Crippen LogP contribution in [0.5, 0.6) is 0 Å². The van der Waals surface area contributed by atoms with E-state index in [9.17, 15) is 19.8 Å². The first-order valence-corrected chi connectivity index (χ1v) is 10.8. The number of carbonyl (C=O) groups excluding carboxylic acids is 2. The first kappa shape index (κ1) is 22.3. The number of allylic oxidation sites excluding steroid dienone is 3. The van der Waals surface area contributed by atoms with Crippen LogP contribution in [0.1, 0.15) is 34.6 Å². The van der Waals surface area contributed by atoms with Crippen molar-refractivity contribution in [1.29, 1.82) is 0 Å². The number of aliphatic hydroxyl groups is 2. The van der Waals surface area contributed by atoms with E-state index in [1.54, 1.807) is 45.9 Å². The van der Waals surface area contributed by atoms with Crippen molar-refractivity contribution in [2.75, 3.05) is 0 Å². The first-order chi connectivity index (χ1) is 14.4.